The molecule has 2 N–H and O–H groups in total. The first-order valence-electron chi connectivity index (χ1n) is 14.9. The fourth-order valence-electron chi connectivity index (χ4n) is 6.86. The minimum absolute atomic E-state index is 0.0266. The molecule has 0 fully saturated rings. The maximum atomic E-state index is 6.88. The van der Waals surface area contributed by atoms with Gasteiger partial charge in [0.25, 0.3) is 0 Å². The number of nitrogens with two attached hydrogens (primary N) is 1. The highest BCUT2D eigenvalue weighted by Crippen LogP contribution is 2.48. The highest BCUT2D eigenvalue weighted by molar-refractivity contribution is 6.03. The summed E-state index contributed by atoms with van der Waals surface area (Å²) in [7, 11) is 0. The molecule has 2 heterocycles. The minimum Gasteiger partial charge on any atom is -0.398 e. The summed E-state index contributed by atoms with van der Waals surface area (Å²) in [4.78, 5) is 2.51. The molecular formula is C36H46N3+. The third-order valence-corrected chi connectivity index (χ3v) is 8.96. The summed E-state index contributed by atoms with van der Waals surface area (Å²) in [6, 6.07) is 17.7. The zero-order valence-electron chi connectivity index (χ0n) is 24.8. The SMILES string of the molecule is CCCN1/C(=C/C=C2\CCCC(/C=C/C3=[N+](CCC)c4ccccc4C3(C)C)=C2N)C(C)(C)c2ccccc21. The highest BCUT2D eigenvalue weighted by Gasteiger charge is 2.44. The molecule has 0 spiro atoms. The Balaban J connectivity index is 1.49. The van der Waals surface area contributed by atoms with Crippen LogP contribution in [0.5, 0.6) is 0 Å². The highest BCUT2D eigenvalue weighted by atomic mass is 15.2. The topological polar surface area (TPSA) is 32.3 Å². The van der Waals surface area contributed by atoms with Gasteiger partial charge in [0.2, 0.25) is 5.69 Å². The number of benzene rings is 2. The van der Waals surface area contributed by atoms with E-state index in [1.807, 2.05) is 0 Å². The Kier molecular flexibility index (Phi) is 7.46. The molecular weight excluding hydrogens is 474 g/mol. The Morgan fingerprint density at radius 1 is 0.846 bits per heavy atom. The van der Waals surface area contributed by atoms with Crippen molar-refractivity contribution >= 4 is 17.1 Å². The van der Waals surface area contributed by atoms with E-state index in [2.05, 4.69) is 124 Å². The van der Waals surface area contributed by atoms with Gasteiger partial charge in [-0.15, -0.1) is 0 Å². The lowest BCUT2D eigenvalue weighted by atomic mass is 9.81. The summed E-state index contributed by atoms with van der Waals surface area (Å²) in [5, 5.41) is 0. The van der Waals surface area contributed by atoms with Gasteiger partial charge in [-0.3, -0.25) is 0 Å². The van der Waals surface area contributed by atoms with Crippen LogP contribution in [0.1, 0.15) is 84.8 Å². The summed E-state index contributed by atoms with van der Waals surface area (Å²) in [5.74, 6) is 0. The number of fused-ring (bicyclic) bond motifs is 2. The lowest BCUT2D eigenvalue weighted by Crippen LogP contribution is -2.28. The maximum Gasteiger partial charge on any atom is 0.209 e. The standard InChI is InChI=1S/C36H45N3/c1-7-24-38-30-18-11-9-16-28(30)35(3,4)32(38)22-20-26-14-13-15-27(34(26)37)21-23-33-36(5,6)29-17-10-12-19-31(29)39(33)25-8-2/h9-12,16-23,37H,7-8,13-15,24-25H2,1-6H3/p+1/b26-20+,32-22+. The Morgan fingerprint density at radius 2 is 1.56 bits per heavy atom. The smallest absolute Gasteiger partial charge is 0.209 e. The van der Waals surface area contributed by atoms with Crippen molar-refractivity contribution < 1.29 is 4.58 Å². The van der Waals surface area contributed by atoms with E-state index in [4.69, 9.17) is 5.73 Å². The summed E-state index contributed by atoms with van der Waals surface area (Å²) in [6.07, 6.45) is 14.7. The Hall–Kier alpha value is -3.33. The second kappa shape index (κ2) is 10.7. The number of para-hydroxylation sites is 2. The first kappa shape index (κ1) is 27.2. The molecule has 0 amide bonds. The summed E-state index contributed by atoms with van der Waals surface area (Å²) >= 11 is 0. The molecule has 3 nitrogen and oxygen atoms in total. The molecule has 0 unspecified atom stereocenters. The van der Waals surface area contributed by atoms with Gasteiger partial charge < -0.3 is 10.6 Å². The van der Waals surface area contributed by atoms with Crippen molar-refractivity contribution in [2.75, 3.05) is 18.0 Å². The van der Waals surface area contributed by atoms with E-state index in [1.165, 1.54) is 45.1 Å². The molecule has 0 aromatic heterocycles. The number of hydrogen-bond donors (Lipinski definition) is 1. The van der Waals surface area contributed by atoms with Gasteiger partial charge in [-0.2, -0.15) is 4.58 Å². The number of nitrogens with zero attached hydrogens (tertiary/aromatic N) is 2. The fourth-order valence-corrected chi connectivity index (χ4v) is 6.86. The van der Waals surface area contributed by atoms with E-state index in [0.29, 0.717) is 0 Å². The second-order valence-electron chi connectivity index (χ2n) is 12.3. The van der Waals surface area contributed by atoms with E-state index in [-0.39, 0.29) is 10.8 Å². The van der Waals surface area contributed by atoms with Crippen molar-refractivity contribution in [2.24, 2.45) is 5.73 Å². The molecule has 5 rings (SSSR count). The molecule has 0 saturated heterocycles. The molecule has 0 saturated carbocycles. The number of rotatable bonds is 7. The van der Waals surface area contributed by atoms with Crippen molar-refractivity contribution in [3.05, 3.63) is 107 Å². The zero-order valence-corrected chi connectivity index (χ0v) is 24.8. The van der Waals surface area contributed by atoms with E-state index in [0.717, 1.165) is 50.9 Å². The molecule has 3 aliphatic rings. The Bertz CT molecular complexity index is 1410. The molecule has 3 heteroatoms. The van der Waals surface area contributed by atoms with Crippen molar-refractivity contribution in [1.29, 1.82) is 0 Å². The quantitative estimate of drug-likeness (QED) is 0.372. The molecule has 39 heavy (non-hydrogen) atoms. The van der Waals surface area contributed by atoms with Gasteiger partial charge >= 0.3 is 0 Å². The molecule has 0 radical (unpaired) electrons. The van der Waals surface area contributed by atoms with Crippen LogP contribution in [-0.2, 0) is 10.8 Å². The van der Waals surface area contributed by atoms with Crippen molar-refractivity contribution in [3.8, 4) is 0 Å². The number of hydrogen-bond acceptors (Lipinski definition) is 2. The first-order chi connectivity index (χ1) is 18.7. The van der Waals surface area contributed by atoms with Crippen molar-refractivity contribution in [2.45, 2.75) is 84.5 Å². The van der Waals surface area contributed by atoms with Crippen molar-refractivity contribution in [3.63, 3.8) is 0 Å². The van der Waals surface area contributed by atoms with Crippen LogP contribution < -0.4 is 10.6 Å². The van der Waals surface area contributed by atoms with Gasteiger partial charge in [-0.25, -0.2) is 0 Å². The molecule has 2 aromatic carbocycles. The van der Waals surface area contributed by atoms with Crippen LogP contribution in [0.25, 0.3) is 0 Å². The number of allylic oxidation sites excluding steroid dienone is 7. The Morgan fingerprint density at radius 3 is 2.31 bits per heavy atom. The first-order valence-corrected chi connectivity index (χ1v) is 14.9. The van der Waals surface area contributed by atoms with Crippen LogP contribution in [0.2, 0.25) is 0 Å². The van der Waals surface area contributed by atoms with E-state index >= 15 is 0 Å². The fraction of sp³-hybridized carbons (Fsp3) is 0.417. The lowest BCUT2D eigenvalue weighted by molar-refractivity contribution is -0.437. The van der Waals surface area contributed by atoms with Gasteiger partial charge in [-0.1, -0.05) is 76.2 Å². The summed E-state index contributed by atoms with van der Waals surface area (Å²) in [6.45, 7) is 16.0. The van der Waals surface area contributed by atoms with Crippen LogP contribution in [0.15, 0.2) is 95.4 Å². The van der Waals surface area contributed by atoms with Gasteiger partial charge in [0.05, 0.1) is 5.41 Å². The minimum atomic E-state index is -0.0266. The Labute approximate surface area is 236 Å². The van der Waals surface area contributed by atoms with Crippen LogP contribution in [-0.4, -0.2) is 23.4 Å². The van der Waals surface area contributed by atoms with Gasteiger partial charge in [-0.05, 0) is 68.4 Å². The van der Waals surface area contributed by atoms with Gasteiger partial charge in [0, 0.05) is 53.2 Å². The van der Waals surface area contributed by atoms with Gasteiger partial charge in [0.15, 0.2) is 5.71 Å². The van der Waals surface area contributed by atoms with Gasteiger partial charge in [0.1, 0.15) is 6.54 Å². The second-order valence-corrected chi connectivity index (χ2v) is 12.3. The van der Waals surface area contributed by atoms with Crippen LogP contribution >= 0.6 is 0 Å². The number of anilines is 1. The van der Waals surface area contributed by atoms with Crippen molar-refractivity contribution in [1.82, 2.24) is 0 Å². The predicted octanol–water partition coefficient (Wildman–Crippen LogP) is 8.44. The summed E-state index contributed by atoms with van der Waals surface area (Å²) in [5.41, 5.74) is 18.6. The lowest BCUT2D eigenvalue weighted by Gasteiger charge is -2.27. The van der Waals surface area contributed by atoms with Crippen LogP contribution in [0.3, 0.4) is 0 Å². The van der Waals surface area contributed by atoms with E-state index in [1.54, 1.807) is 0 Å². The van der Waals surface area contributed by atoms with E-state index < -0.39 is 0 Å². The predicted molar refractivity (Wildman–Crippen MR) is 167 cm³/mol. The normalized spacial score (nSPS) is 21.9. The summed E-state index contributed by atoms with van der Waals surface area (Å²) < 4.78 is 2.51. The van der Waals surface area contributed by atoms with Crippen LogP contribution in [0.4, 0.5) is 11.4 Å². The molecule has 2 aliphatic heterocycles. The van der Waals surface area contributed by atoms with Crippen LogP contribution in [0, 0.1) is 0 Å². The molecule has 0 atom stereocenters. The molecule has 1 aliphatic carbocycles. The maximum absolute atomic E-state index is 6.88. The third-order valence-electron chi connectivity index (χ3n) is 8.96. The largest absolute Gasteiger partial charge is 0.398 e. The average molecular weight is 521 g/mol. The molecule has 204 valence electrons. The van der Waals surface area contributed by atoms with E-state index in [9.17, 15) is 0 Å². The molecule has 0 bridgehead atoms. The monoisotopic (exact) mass is 520 g/mol. The zero-order chi connectivity index (χ0) is 27.8. The average Bonchev–Trinajstić information content (AvgIpc) is 3.27. The molecule has 2 aromatic rings. The third kappa shape index (κ3) is 4.71.